The molecule has 0 spiro atoms. The number of hydrogen-bond donors (Lipinski definition) is 1. The first-order valence-electron chi connectivity index (χ1n) is 8.96. The minimum absolute atomic E-state index is 0. The topological polar surface area (TPSA) is 49.6 Å². The number of benzene rings is 1. The van der Waals surface area contributed by atoms with E-state index in [-0.39, 0.29) is 30.7 Å². The first kappa shape index (κ1) is 22.2. The van der Waals surface area contributed by atoms with Gasteiger partial charge >= 0.3 is 0 Å². The number of hydrogen-bond acceptors (Lipinski definition) is 3. The van der Waals surface area contributed by atoms with E-state index < -0.39 is 0 Å². The summed E-state index contributed by atoms with van der Waals surface area (Å²) >= 11 is 0. The lowest BCUT2D eigenvalue weighted by molar-refractivity contribution is -0.141. The average molecular weight is 388 g/mol. The summed E-state index contributed by atoms with van der Waals surface area (Å²) in [6.07, 6.45) is 3.30. The predicted molar refractivity (Wildman–Crippen MR) is 107 cm³/mol. The van der Waals surface area contributed by atoms with Crippen LogP contribution in [0.1, 0.15) is 31.7 Å². The van der Waals surface area contributed by atoms with Crippen molar-refractivity contribution in [1.29, 1.82) is 0 Å². The molecule has 142 valence electrons. The average Bonchev–Trinajstić information content (AvgIpc) is 3.04. The molecule has 2 aliphatic rings. The molecule has 1 heterocycles. The van der Waals surface area contributed by atoms with Gasteiger partial charge in [-0.1, -0.05) is 36.8 Å². The maximum Gasteiger partial charge on any atom is 0.226 e. The van der Waals surface area contributed by atoms with Crippen LogP contribution in [0.15, 0.2) is 30.3 Å². The van der Waals surface area contributed by atoms with Crippen LogP contribution >= 0.6 is 24.8 Å². The van der Waals surface area contributed by atoms with Gasteiger partial charge in [-0.15, -0.1) is 24.8 Å². The van der Waals surface area contributed by atoms with Crippen LogP contribution in [0, 0.1) is 11.8 Å². The van der Waals surface area contributed by atoms with E-state index in [1.165, 1.54) is 5.56 Å². The zero-order valence-electron chi connectivity index (χ0n) is 15.0. The van der Waals surface area contributed by atoms with Gasteiger partial charge in [0.25, 0.3) is 0 Å². The van der Waals surface area contributed by atoms with Gasteiger partial charge < -0.3 is 10.6 Å². The largest absolute Gasteiger partial charge is 0.337 e. The van der Waals surface area contributed by atoms with Crippen molar-refractivity contribution in [2.24, 2.45) is 17.6 Å². The molecular weight excluding hydrogens is 357 g/mol. The van der Waals surface area contributed by atoms with Gasteiger partial charge in [0.1, 0.15) is 0 Å². The molecule has 1 aromatic rings. The van der Waals surface area contributed by atoms with Gasteiger partial charge in [0.15, 0.2) is 0 Å². The maximum absolute atomic E-state index is 12.9. The molecule has 3 atom stereocenters. The fourth-order valence-corrected chi connectivity index (χ4v) is 4.20. The lowest BCUT2D eigenvalue weighted by Crippen LogP contribution is -2.55. The zero-order valence-corrected chi connectivity index (χ0v) is 16.6. The number of nitrogens with zero attached hydrogens (tertiary/aromatic N) is 2. The highest BCUT2D eigenvalue weighted by atomic mass is 35.5. The number of halogens is 2. The monoisotopic (exact) mass is 387 g/mol. The predicted octanol–water partition coefficient (Wildman–Crippen LogP) is 2.94. The molecule has 2 N–H and O–H groups in total. The Hall–Kier alpha value is -0.810. The van der Waals surface area contributed by atoms with Crippen molar-refractivity contribution in [2.75, 3.05) is 26.2 Å². The van der Waals surface area contributed by atoms with Crippen molar-refractivity contribution < 1.29 is 4.79 Å². The molecule has 1 unspecified atom stereocenters. The summed E-state index contributed by atoms with van der Waals surface area (Å²) in [5, 5.41) is 0. The minimum atomic E-state index is 0. The van der Waals surface area contributed by atoms with Gasteiger partial charge in [-0.3, -0.25) is 9.69 Å². The summed E-state index contributed by atoms with van der Waals surface area (Å²) in [7, 11) is 0. The van der Waals surface area contributed by atoms with Crippen molar-refractivity contribution >= 4 is 30.7 Å². The van der Waals surface area contributed by atoms with Crippen LogP contribution in [0.2, 0.25) is 0 Å². The number of nitrogens with two attached hydrogens (primary N) is 1. The van der Waals surface area contributed by atoms with Crippen molar-refractivity contribution in [3.63, 3.8) is 0 Å². The second kappa shape index (κ2) is 10.4. The Morgan fingerprint density at radius 3 is 2.52 bits per heavy atom. The normalized spacial score (nSPS) is 26.6. The van der Waals surface area contributed by atoms with Gasteiger partial charge in [0.2, 0.25) is 5.91 Å². The number of carbonyl (C=O) groups excluding carboxylic acids is 1. The van der Waals surface area contributed by atoms with E-state index in [2.05, 4.69) is 47.1 Å². The molecule has 1 aliphatic heterocycles. The molecule has 2 fully saturated rings. The van der Waals surface area contributed by atoms with E-state index in [1.54, 1.807) is 0 Å². The van der Waals surface area contributed by atoms with Gasteiger partial charge in [0, 0.05) is 38.1 Å². The van der Waals surface area contributed by atoms with Crippen LogP contribution in [0.25, 0.3) is 0 Å². The third-order valence-electron chi connectivity index (χ3n) is 5.52. The van der Waals surface area contributed by atoms with E-state index in [9.17, 15) is 4.79 Å². The Morgan fingerprint density at radius 2 is 1.88 bits per heavy atom. The second-order valence-electron chi connectivity index (χ2n) is 7.13. The molecule has 3 rings (SSSR count). The number of piperazine rings is 1. The van der Waals surface area contributed by atoms with Crippen molar-refractivity contribution in [3.8, 4) is 0 Å². The van der Waals surface area contributed by atoms with Crippen LogP contribution in [0.4, 0.5) is 0 Å². The van der Waals surface area contributed by atoms with Gasteiger partial charge in [0.05, 0.1) is 0 Å². The first-order valence-corrected chi connectivity index (χ1v) is 8.96. The van der Waals surface area contributed by atoms with E-state index in [4.69, 9.17) is 5.73 Å². The standard InChI is InChI=1S/C19H29N3O.2ClH/c1-15-13-21(14-16-6-3-2-4-7-16)10-11-22(15)19(23)18-9-5-8-17(18)12-20;;/h2-4,6-7,15,17-18H,5,8-14,20H2,1H3;2*1H/t15?,17-,18-;;/m1../s1. The molecule has 1 amide bonds. The quantitative estimate of drug-likeness (QED) is 0.863. The third-order valence-corrected chi connectivity index (χ3v) is 5.52. The Labute approximate surface area is 163 Å². The molecule has 6 heteroatoms. The lowest BCUT2D eigenvalue weighted by atomic mass is 9.93. The first-order chi connectivity index (χ1) is 11.2. The summed E-state index contributed by atoms with van der Waals surface area (Å²) in [6.45, 7) is 6.58. The Bertz CT molecular complexity index is 529. The minimum Gasteiger partial charge on any atom is -0.337 e. The molecular formula is C19H31Cl2N3O. The second-order valence-corrected chi connectivity index (χ2v) is 7.13. The summed E-state index contributed by atoms with van der Waals surface area (Å²) in [5.41, 5.74) is 7.20. The zero-order chi connectivity index (χ0) is 16.2. The molecule has 0 aromatic heterocycles. The third kappa shape index (κ3) is 5.33. The van der Waals surface area contributed by atoms with E-state index in [1.807, 2.05) is 0 Å². The van der Waals surface area contributed by atoms with Crippen molar-refractivity contribution in [3.05, 3.63) is 35.9 Å². The molecule has 4 nitrogen and oxygen atoms in total. The summed E-state index contributed by atoms with van der Waals surface area (Å²) in [5.74, 6) is 0.921. The van der Waals surface area contributed by atoms with E-state index in [0.29, 0.717) is 24.4 Å². The lowest BCUT2D eigenvalue weighted by Gasteiger charge is -2.41. The highest BCUT2D eigenvalue weighted by molar-refractivity contribution is 5.85. The maximum atomic E-state index is 12.9. The SMILES string of the molecule is CC1CN(Cc2ccccc2)CCN1C(=O)[C@@H]1CCC[C@@H]1CN.Cl.Cl. The Kier molecular flexibility index (Phi) is 9.22. The summed E-state index contributed by atoms with van der Waals surface area (Å²) in [6, 6.07) is 10.9. The molecule has 1 aromatic carbocycles. The molecule has 1 saturated carbocycles. The van der Waals surface area contributed by atoms with Gasteiger partial charge in [-0.2, -0.15) is 0 Å². The molecule has 0 bridgehead atoms. The van der Waals surface area contributed by atoms with Crippen LogP contribution in [-0.4, -0.2) is 47.9 Å². The number of amides is 1. The van der Waals surface area contributed by atoms with Gasteiger partial charge in [-0.25, -0.2) is 0 Å². The highest BCUT2D eigenvalue weighted by Gasteiger charge is 2.37. The number of rotatable bonds is 4. The van der Waals surface area contributed by atoms with E-state index >= 15 is 0 Å². The fourth-order valence-electron chi connectivity index (χ4n) is 4.20. The Morgan fingerprint density at radius 1 is 1.16 bits per heavy atom. The van der Waals surface area contributed by atoms with Crippen molar-refractivity contribution in [1.82, 2.24) is 9.80 Å². The van der Waals surface area contributed by atoms with Crippen molar-refractivity contribution in [2.45, 2.75) is 38.8 Å². The molecule has 1 aliphatic carbocycles. The highest BCUT2D eigenvalue weighted by Crippen LogP contribution is 2.33. The van der Waals surface area contributed by atoms with Gasteiger partial charge in [-0.05, 0) is 37.8 Å². The molecule has 1 saturated heterocycles. The number of carbonyl (C=O) groups is 1. The molecule has 25 heavy (non-hydrogen) atoms. The molecule has 0 radical (unpaired) electrons. The smallest absolute Gasteiger partial charge is 0.226 e. The van der Waals surface area contributed by atoms with Crippen LogP contribution in [0.3, 0.4) is 0 Å². The Balaban J connectivity index is 0.00000156. The van der Waals surface area contributed by atoms with Crippen LogP contribution in [0.5, 0.6) is 0 Å². The van der Waals surface area contributed by atoms with Crippen LogP contribution in [-0.2, 0) is 11.3 Å². The van der Waals surface area contributed by atoms with E-state index in [0.717, 1.165) is 45.4 Å². The fraction of sp³-hybridized carbons (Fsp3) is 0.632. The summed E-state index contributed by atoms with van der Waals surface area (Å²) < 4.78 is 0. The van der Waals surface area contributed by atoms with Crippen LogP contribution < -0.4 is 5.73 Å². The summed E-state index contributed by atoms with van der Waals surface area (Å²) in [4.78, 5) is 17.5.